The molecule has 0 spiro atoms. The second-order valence-electron chi connectivity index (χ2n) is 3.64. The molecule has 0 bridgehead atoms. The van der Waals surface area contributed by atoms with Crippen LogP contribution < -0.4 is 5.46 Å². The predicted octanol–water partition coefficient (Wildman–Crippen LogP) is 1.43. The summed E-state index contributed by atoms with van der Waals surface area (Å²) in [4.78, 5) is 3.71. The average molecular weight is 291 g/mol. The average Bonchev–Trinajstić information content (AvgIpc) is 2.50. The number of thiol groups is 1. The van der Waals surface area contributed by atoms with Crippen molar-refractivity contribution in [1.29, 1.82) is 0 Å². The van der Waals surface area contributed by atoms with Crippen molar-refractivity contribution < 1.29 is 19.4 Å². The Hall–Kier alpha value is -1.80. The van der Waals surface area contributed by atoms with Crippen LogP contribution in [0, 0.1) is 0 Å². The highest BCUT2D eigenvalue weighted by molar-refractivity contribution is 7.74. The number of oxime groups is 1. The first-order valence-electron chi connectivity index (χ1n) is 5.64. The lowest BCUT2D eigenvalue weighted by atomic mass is 9.80. The first-order chi connectivity index (χ1) is 9.69. The molecule has 0 radical (unpaired) electrons. The van der Waals surface area contributed by atoms with Gasteiger partial charge in [-0.3, -0.25) is 0 Å². The van der Waals surface area contributed by atoms with E-state index < -0.39 is 7.12 Å². The Morgan fingerprint density at radius 3 is 1.90 bits per heavy atom. The monoisotopic (exact) mass is 291 g/mol. The van der Waals surface area contributed by atoms with Crippen molar-refractivity contribution in [2.45, 2.75) is 0 Å². The van der Waals surface area contributed by atoms with Gasteiger partial charge in [0.2, 0.25) is 0 Å². The summed E-state index contributed by atoms with van der Waals surface area (Å²) in [6.45, 7) is 2.90. The van der Waals surface area contributed by atoms with E-state index in [2.05, 4.69) is 34.1 Å². The van der Waals surface area contributed by atoms with Crippen LogP contribution in [0.15, 0.2) is 59.8 Å². The van der Waals surface area contributed by atoms with Gasteiger partial charge in [-0.15, -0.1) is 0 Å². The largest absolute Gasteiger partial charge is 0.488 e. The van der Waals surface area contributed by atoms with Crippen LogP contribution in [-0.2, 0) is 9.32 Å². The van der Waals surface area contributed by atoms with E-state index in [-0.39, 0.29) is 0 Å². The van der Waals surface area contributed by atoms with Crippen molar-refractivity contribution in [1.82, 2.24) is 0 Å². The smallest absolute Gasteiger partial charge is 0.423 e. The van der Waals surface area contributed by atoms with E-state index in [1.807, 2.05) is 42.5 Å². The summed E-state index contributed by atoms with van der Waals surface area (Å²) in [5.41, 5.74) is 2.70. The van der Waals surface area contributed by atoms with Crippen molar-refractivity contribution in [3.63, 3.8) is 0 Å². The quantitative estimate of drug-likeness (QED) is 0.199. The summed E-state index contributed by atoms with van der Waals surface area (Å²) in [6, 6.07) is 17.1. The molecule has 0 saturated heterocycles. The molecule has 0 aliphatic heterocycles. The minimum Gasteiger partial charge on any atom is -0.423 e. The Bertz CT molecular complexity index is 508. The van der Waals surface area contributed by atoms with Crippen LogP contribution in [0.1, 0.15) is 0 Å². The van der Waals surface area contributed by atoms with Gasteiger partial charge in [0.15, 0.2) is 0 Å². The summed E-state index contributed by atoms with van der Waals surface area (Å²) in [5, 5.41) is 20.7. The molecule has 5 nitrogen and oxygen atoms in total. The molecule has 2 rings (SSSR count). The molecule has 0 aromatic heterocycles. The van der Waals surface area contributed by atoms with Gasteiger partial charge in [-0.1, -0.05) is 64.1 Å². The lowest BCUT2D eigenvalue weighted by Crippen LogP contribution is -2.29. The van der Waals surface area contributed by atoms with Gasteiger partial charge in [0, 0.05) is 19.6 Å². The van der Waals surface area contributed by atoms with E-state index in [1.54, 1.807) is 12.1 Å². The molecule has 0 amide bonds. The minimum absolute atomic E-state index is 0.509. The number of rotatable bonds is 4. The maximum atomic E-state index is 8.94. The molecular formula is C13H14BNO4S. The maximum absolute atomic E-state index is 8.94. The molecule has 0 atom stereocenters. The zero-order chi connectivity index (χ0) is 14.8. The van der Waals surface area contributed by atoms with E-state index >= 15 is 0 Å². The van der Waals surface area contributed by atoms with Crippen molar-refractivity contribution >= 4 is 32.2 Å². The highest BCUT2D eigenvalue weighted by Crippen LogP contribution is 2.16. The van der Waals surface area contributed by atoms with E-state index in [1.165, 1.54) is 0 Å². The molecule has 0 aliphatic rings. The molecule has 2 aromatic carbocycles. The fraction of sp³-hybridized carbons (Fsp3) is 0. The van der Waals surface area contributed by atoms with Gasteiger partial charge in [0.05, 0.1) is 0 Å². The summed E-state index contributed by atoms with van der Waals surface area (Å²) in [5.74, 6) is 0. The Labute approximate surface area is 123 Å². The van der Waals surface area contributed by atoms with Gasteiger partial charge < -0.3 is 10.0 Å². The molecule has 0 saturated carbocycles. The molecule has 104 valence electrons. The van der Waals surface area contributed by atoms with Crippen LogP contribution in [-0.4, -0.2) is 23.9 Å². The van der Waals surface area contributed by atoms with Crippen LogP contribution >= 0.6 is 12.9 Å². The van der Waals surface area contributed by atoms with Gasteiger partial charge >= 0.3 is 7.12 Å². The predicted molar refractivity (Wildman–Crippen MR) is 82.4 cm³/mol. The van der Waals surface area contributed by atoms with Crippen LogP contribution in [0.3, 0.4) is 0 Å². The molecule has 0 unspecified atom stereocenters. The molecular weight excluding hydrogens is 277 g/mol. The second-order valence-corrected chi connectivity index (χ2v) is 3.79. The van der Waals surface area contributed by atoms with Gasteiger partial charge in [0.1, 0.15) is 0 Å². The lowest BCUT2D eigenvalue weighted by molar-refractivity contribution is -0.186. The normalized spacial score (nSPS) is 9.15. The number of nitrogens with zero attached hydrogens (tertiary/aromatic N) is 1. The molecule has 2 N–H and O–H groups in total. The Morgan fingerprint density at radius 1 is 0.950 bits per heavy atom. The fourth-order valence-electron chi connectivity index (χ4n) is 1.50. The Kier molecular flexibility index (Phi) is 7.45. The van der Waals surface area contributed by atoms with E-state index in [0.29, 0.717) is 5.46 Å². The van der Waals surface area contributed by atoms with Crippen molar-refractivity contribution in [2.75, 3.05) is 0 Å². The zero-order valence-corrected chi connectivity index (χ0v) is 11.5. The summed E-state index contributed by atoms with van der Waals surface area (Å²) in [7, 11) is -1.39. The zero-order valence-electron chi connectivity index (χ0n) is 10.6. The van der Waals surface area contributed by atoms with Gasteiger partial charge in [-0.05, 0) is 16.6 Å². The topological polar surface area (TPSA) is 71.3 Å². The number of hydrogen-bond donors (Lipinski definition) is 3. The van der Waals surface area contributed by atoms with Gasteiger partial charge in [0.25, 0.3) is 0 Å². The first kappa shape index (κ1) is 16.3. The van der Waals surface area contributed by atoms with Gasteiger partial charge in [-0.2, -0.15) is 0 Å². The third-order valence-corrected chi connectivity index (χ3v) is 2.47. The van der Waals surface area contributed by atoms with Crippen LogP contribution in [0.2, 0.25) is 0 Å². The van der Waals surface area contributed by atoms with E-state index in [4.69, 9.17) is 10.0 Å². The second kappa shape index (κ2) is 9.16. The molecule has 0 heterocycles. The SMILES string of the molecule is C=NOOS.OB(O)c1ccc(-c2ccccc2)cc1. The third kappa shape index (κ3) is 5.46. The number of hydrogen-bond acceptors (Lipinski definition) is 6. The van der Waals surface area contributed by atoms with E-state index in [9.17, 15) is 0 Å². The molecule has 7 heteroatoms. The Morgan fingerprint density at radius 2 is 1.50 bits per heavy atom. The first-order valence-corrected chi connectivity index (χ1v) is 6.00. The molecule has 2 aromatic rings. The molecule has 20 heavy (non-hydrogen) atoms. The summed E-state index contributed by atoms with van der Waals surface area (Å²) in [6.07, 6.45) is 0. The van der Waals surface area contributed by atoms with Crippen LogP contribution in [0.5, 0.6) is 0 Å². The molecule has 0 aliphatic carbocycles. The van der Waals surface area contributed by atoms with Gasteiger partial charge in [-0.25, -0.2) is 4.99 Å². The third-order valence-electron chi connectivity index (χ3n) is 2.40. The number of benzene rings is 2. The van der Waals surface area contributed by atoms with Crippen molar-refractivity contribution in [2.24, 2.45) is 5.16 Å². The highest BCUT2D eigenvalue weighted by Gasteiger charge is 2.09. The summed E-state index contributed by atoms with van der Waals surface area (Å²) < 4.78 is 3.66. The fourth-order valence-corrected chi connectivity index (χ4v) is 1.55. The summed E-state index contributed by atoms with van der Waals surface area (Å²) >= 11 is 3.14. The van der Waals surface area contributed by atoms with Crippen molar-refractivity contribution in [3.8, 4) is 11.1 Å². The standard InChI is InChI=1S/C12H11BO2.CH3NO2S/c14-13(15)12-8-6-11(7-9-12)10-4-2-1-3-5-10;1-2-3-4-5/h1-9,14-15H;5H,1H2. The highest BCUT2D eigenvalue weighted by atomic mass is 32.1. The minimum atomic E-state index is -1.39. The van der Waals surface area contributed by atoms with Crippen LogP contribution in [0.25, 0.3) is 11.1 Å². The van der Waals surface area contributed by atoms with Crippen LogP contribution in [0.4, 0.5) is 0 Å². The Balaban J connectivity index is 0.000000347. The maximum Gasteiger partial charge on any atom is 0.488 e. The van der Waals surface area contributed by atoms with Crippen molar-refractivity contribution in [3.05, 3.63) is 54.6 Å². The molecule has 0 fully saturated rings. The lowest BCUT2D eigenvalue weighted by Gasteiger charge is -2.03. The van der Waals surface area contributed by atoms with E-state index in [0.717, 1.165) is 11.1 Å².